The van der Waals surface area contributed by atoms with Crippen LogP contribution in [0.3, 0.4) is 0 Å². The van der Waals surface area contributed by atoms with Crippen molar-refractivity contribution in [1.29, 1.82) is 0 Å². The summed E-state index contributed by atoms with van der Waals surface area (Å²) in [7, 11) is 0. The number of thiazole rings is 1. The van der Waals surface area contributed by atoms with Gasteiger partial charge in [-0.2, -0.15) is 0 Å². The summed E-state index contributed by atoms with van der Waals surface area (Å²) in [5.41, 5.74) is 1.09. The second-order valence-corrected chi connectivity index (χ2v) is 6.61. The Morgan fingerprint density at radius 2 is 2.09 bits per heavy atom. The van der Waals surface area contributed by atoms with Crippen molar-refractivity contribution < 1.29 is 4.74 Å². The second kappa shape index (κ2) is 9.07. The average Bonchev–Trinajstić information content (AvgIpc) is 2.84. The van der Waals surface area contributed by atoms with E-state index in [1.54, 1.807) is 11.3 Å². The van der Waals surface area contributed by atoms with Crippen LogP contribution in [-0.2, 0) is 11.3 Å². The fourth-order valence-corrected chi connectivity index (χ4v) is 3.23. The van der Waals surface area contributed by atoms with Crippen LogP contribution in [0.1, 0.15) is 22.5 Å². The minimum Gasteiger partial charge on any atom is -0.379 e. The lowest BCUT2D eigenvalue weighted by molar-refractivity contribution is 0.0389. The molecular weight excluding hydrogens is 298 g/mol. The molecule has 1 saturated heterocycles. The van der Waals surface area contributed by atoms with E-state index in [9.17, 15) is 0 Å². The Morgan fingerprint density at radius 3 is 2.73 bits per heavy atom. The second-order valence-electron chi connectivity index (χ2n) is 5.32. The summed E-state index contributed by atoms with van der Waals surface area (Å²) in [5.74, 6) is 0.876. The first-order valence-corrected chi connectivity index (χ1v) is 8.76. The molecule has 0 atom stereocenters. The summed E-state index contributed by atoms with van der Waals surface area (Å²) in [6, 6.07) is 0. The maximum atomic E-state index is 5.36. The van der Waals surface area contributed by atoms with E-state index in [0.717, 1.165) is 62.6 Å². The van der Waals surface area contributed by atoms with E-state index >= 15 is 0 Å². The highest BCUT2D eigenvalue weighted by molar-refractivity contribution is 7.11. The Morgan fingerprint density at radius 1 is 1.32 bits per heavy atom. The molecule has 1 fully saturated rings. The smallest absolute Gasteiger partial charge is 0.191 e. The van der Waals surface area contributed by atoms with Crippen LogP contribution >= 0.6 is 11.3 Å². The molecule has 1 aromatic rings. The SMILES string of the molecule is CCNC(=NCc1sc(C)nc1C)NCCN1CCOCC1. The number of aliphatic imine (C=N–C) groups is 1. The predicted octanol–water partition coefficient (Wildman–Crippen LogP) is 1.15. The number of ether oxygens (including phenoxy) is 1. The van der Waals surface area contributed by atoms with Crippen LogP contribution in [0.5, 0.6) is 0 Å². The highest BCUT2D eigenvalue weighted by Crippen LogP contribution is 2.17. The number of aryl methyl sites for hydroxylation is 2. The highest BCUT2D eigenvalue weighted by atomic mass is 32.1. The van der Waals surface area contributed by atoms with Crippen molar-refractivity contribution in [3.8, 4) is 0 Å². The molecule has 1 aromatic heterocycles. The fraction of sp³-hybridized carbons (Fsp3) is 0.733. The van der Waals surface area contributed by atoms with E-state index in [1.165, 1.54) is 4.88 Å². The van der Waals surface area contributed by atoms with Gasteiger partial charge in [-0.3, -0.25) is 4.90 Å². The van der Waals surface area contributed by atoms with Crippen molar-refractivity contribution in [3.05, 3.63) is 15.6 Å². The van der Waals surface area contributed by atoms with Crippen LogP contribution in [-0.4, -0.2) is 61.8 Å². The summed E-state index contributed by atoms with van der Waals surface area (Å²) in [5, 5.41) is 7.81. The maximum Gasteiger partial charge on any atom is 0.191 e. The molecule has 7 heteroatoms. The van der Waals surface area contributed by atoms with Crippen LogP contribution in [0, 0.1) is 13.8 Å². The van der Waals surface area contributed by atoms with E-state index in [2.05, 4.69) is 32.4 Å². The normalized spacial score (nSPS) is 16.8. The molecule has 0 saturated carbocycles. The maximum absolute atomic E-state index is 5.36. The van der Waals surface area contributed by atoms with Gasteiger partial charge in [-0.25, -0.2) is 9.98 Å². The van der Waals surface area contributed by atoms with Crippen molar-refractivity contribution in [1.82, 2.24) is 20.5 Å². The fourth-order valence-electron chi connectivity index (χ4n) is 2.37. The molecule has 2 heterocycles. The standard InChI is InChI=1S/C15H27N5OS/c1-4-16-15(17-5-6-20-7-9-21-10-8-20)18-11-14-12(2)19-13(3)22-14/h4-11H2,1-3H3,(H2,16,17,18). The average molecular weight is 325 g/mol. The zero-order valence-electron chi connectivity index (χ0n) is 13.8. The summed E-state index contributed by atoms with van der Waals surface area (Å²) >= 11 is 1.73. The molecule has 0 amide bonds. The number of rotatable bonds is 6. The minimum absolute atomic E-state index is 0.685. The molecule has 0 aliphatic carbocycles. The van der Waals surface area contributed by atoms with Crippen LogP contribution in [0.2, 0.25) is 0 Å². The van der Waals surface area contributed by atoms with Crippen LogP contribution in [0.15, 0.2) is 4.99 Å². The van der Waals surface area contributed by atoms with Crippen molar-refractivity contribution in [2.45, 2.75) is 27.3 Å². The highest BCUT2D eigenvalue weighted by Gasteiger charge is 2.10. The quantitative estimate of drug-likeness (QED) is 0.607. The molecule has 1 aliphatic heterocycles. The molecule has 0 aromatic carbocycles. The van der Waals surface area contributed by atoms with Crippen molar-refractivity contribution in [2.75, 3.05) is 45.9 Å². The first kappa shape index (κ1) is 17.2. The zero-order chi connectivity index (χ0) is 15.8. The monoisotopic (exact) mass is 325 g/mol. The van der Waals surface area contributed by atoms with E-state index in [-0.39, 0.29) is 0 Å². The van der Waals surface area contributed by atoms with Crippen molar-refractivity contribution >= 4 is 17.3 Å². The number of hydrogen-bond acceptors (Lipinski definition) is 5. The Bertz CT molecular complexity index is 482. The first-order chi connectivity index (χ1) is 10.7. The molecule has 6 nitrogen and oxygen atoms in total. The van der Waals surface area contributed by atoms with E-state index < -0.39 is 0 Å². The van der Waals surface area contributed by atoms with Crippen LogP contribution < -0.4 is 10.6 Å². The number of morpholine rings is 1. The van der Waals surface area contributed by atoms with Gasteiger partial charge in [-0.1, -0.05) is 0 Å². The number of hydrogen-bond donors (Lipinski definition) is 2. The molecule has 0 radical (unpaired) electrons. The van der Waals surface area contributed by atoms with Gasteiger partial charge in [0.15, 0.2) is 5.96 Å². The topological polar surface area (TPSA) is 61.8 Å². The Kier molecular flexibility index (Phi) is 7.08. The van der Waals surface area contributed by atoms with Crippen molar-refractivity contribution in [2.24, 2.45) is 4.99 Å². The zero-order valence-corrected chi connectivity index (χ0v) is 14.6. The van der Waals surface area contributed by atoms with Gasteiger partial charge in [0, 0.05) is 37.6 Å². The molecule has 0 bridgehead atoms. The van der Waals surface area contributed by atoms with Gasteiger partial charge in [0.25, 0.3) is 0 Å². The Labute approximate surface area is 137 Å². The molecule has 1 aliphatic rings. The summed E-state index contributed by atoms with van der Waals surface area (Å²) in [6.07, 6.45) is 0. The van der Waals surface area contributed by atoms with E-state index in [4.69, 9.17) is 4.74 Å². The van der Waals surface area contributed by atoms with Gasteiger partial charge < -0.3 is 15.4 Å². The number of nitrogens with one attached hydrogen (secondary N) is 2. The molecule has 0 unspecified atom stereocenters. The third-order valence-electron chi connectivity index (χ3n) is 3.55. The Balaban J connectivity index is 1.80. The number of nitrogens with zero attached hydrogens (tertiary/aromatic N) is 3. The van der Waals surface area contributed by atoms with Crippen molar-refractivity contribution in [3.63, 3.8) is 0 Å². The third kappa shape index (κ3) is 5.55. The summed E-state index contributed by atoms with van der Waals surface area (Å²) < 4.78 is 5.36. The molecule has 22 heavy (non-hydrogen) atoms. The molecule has 2 rings (SSSR count). The lowest BCUT2D eigenvalue weighted by Gasteiger charge is -2.26. The van der Waals surface area contributed by atoms with Gasteiger partial charge in [0.05, 0.1) is 30.5 Å². The summed E-state index contributed by atoms with van der Waals surface area (Å²) in [4.78, 5) is 12.8. The summed E-state index contributed by atoms with van der Waals surface area (Å²) in [6.45, 7) is 13.4. The molecule has 0 spiro atoms. The van der Waals surface area contributed by atoms with Gasteiger partial charge >= 0.3 is 0 Å². The molecule has 2 N–H and O–H groups in total. The minimum atomic E-state index is 0.685. The molecule has 124 valence electrons. The van der Waals surface area contributed by atoms with Gasteiger partial charge in [-0.05, 0) is 20.8 Å². The lowest BCUT2D eigenvalue weighted by atomic mass is 10.4. The predicted molar refractivity (Wildman–Crippen MR) is 91.7 cm³/mol. The van der Waals surface area contributed by atoms with Crippen LogP contribution in [0.4, 0.5) is 0 Å². The van der Waals surface area contributed by atoms with Gasteiger partial charge in [0.1, 0.15) is 0 Å². The molecular formula is C15H27N5OS. The number of guanidine groups is 1. The Hall–Kier alpha value is -1.18. The van der Waals surface area contributed by atoms with Crippen LogP contribution in [0.25, 0.3) is 0 Å². The number of aromatic nitrogens is 1. The van der Waals surface area contributed by atoms with Gasteiger partial charge in [-0.15, -0.1) is 11.3 Å². The lowest BCUT2D eigenvalue weighted by Crippen LogP contribution is -2.44. The van der Waals surface area contributed by atoms with E-state index in [0.29, 0.717) is 6.54 Å². The van der Waals surface area contributed by atoms with E-state index in [1.807, 2.05) is 13.8 Å². The largest absolute Gasteiger partial charge is 0.379 e. The first-order valence-electron chi connectivity index (χ1n) is 7.94. The third-order valence-corrected chi connectivity index (χ3v) is 4.61. The van der Waals surface area contributed by atoms with Gasteiger partial charge in [0.2, 0.25) is 0 Å².